The normalized spacial score (nSPS) is 12.1. The summed E-state index contributed by atoms with van der Waals surface area (Å²) >= 11 is 0. The minimum Gasteiger partial charge on any atom is -0.493 e. The van der Waals surface area contributed by atoms with Gasteiger partial charge in [0, 0.05) is 37.8 Å². The summed E-state index contributed by atoms with van der Waals surface area (Å²) in [5.41, 5.74) is 2.80. The van der Waals surface area contributed by atoms with Crippen LogP contribution in [0.3, 0.4) is 0 Å². The molecule has 0 saturated carbocycles. The minimum atomic E-state index is -2.96. The Labute approximate surface area is 165 Å². The smallest absolute Gasteiger partial charge is 0.147 e. The maximum absolute atomic E-state index is 11.2. The highest BCUT2D eigenvalue weighted by Gasteiger charge is 2.14. The van der Waals surface area contributed by atoms with Crippen LogP contribution < -0.4 is 4.74 Å². The van der Waals surface area contributed by atoms with Gasteiger partial charge in [0.25, 0.3) is 0 Å². The highest BCUT2D eigenvalue weighted by Crippen LogP contribution is 2.28. The topological polar surface area (TPSA) is 83.3 Å². The first-order chi connectivity index (χ1) is 13.4. The van der Waals surface area contributed by atoms with E-state index >= 15 is 0 Å². The van der Waals surface area contributed by atoms with E-state index < -0.39 is 9.84 Å². The molecule has 0 amide bonds. The summed E-state index contributed by atoms with van der Waals surface area (Å²) in [5, 5.41) is 1.03. The summed E-state index contributed by atoms with van der Waals surface area (Å²) in [5.74, 6) is 1.82. The van der Waals surface area contributed by atoms with Gasteiger partial charge in [0.05, 0.1) is 36.2 Å². The largest absolute Gasteiger partial charge is 0.493 e. The molecule has 0 atom stereocenters. The second-order valence-corrected chi connectivity index (χ2v) is 9.19. The number of sulfone groups is 1. The van der Waals surface area contributed by atoms with Crippen molar-refractivity contribution in [2.45, 2.75) is 32.7 Å². The Morgan fingerprint density at radius 3 is 2.71 bits per heavy atom. The molecule has 2 heterocycles. The number of benzene rings is 1. The van der Waals surface area contributed by atoms with Crippen molar-refractivity contribution in [3.05, 3.63) is 30.2 Å². The van der Waals surface area contributed by atoms with Crippen molar-refractivity contribution >= 4 is 31.8 Å². The van der Waals surface area contributed by atoms with E-state index in [2.05, 4.69) is 16.5 Å². The zero-order chi connectivity index (χ0) is 20.1. The van der Waals surface area contributed by atoms with Crippen LogP contribution in [0.4, 0.5) is 0 Å². The number of ether oxygens (including phenoxy) is 2. The number of rotatable bonds is 10. The summed E-state index contributed by atoms with van der Waals surface area (Å²) < 4.78 is 35.6. The first kappa shape index (κ1) is 20.5. The number of imidazole rings is 1. The van der Waals surface area contributed by atoms with Gasteiger partial charge in [0.1, 0.15) is 26.9 Å². The van der Waals surface area contributed by atoms with E-state index in [0.717, 1.165) is 47.1 Å². The minimum absolute atomic E-state index is 0.125. The molecule has 0 saturated heterocycles. The molecule has 0 aliphatic rings. The van der Waals surface area contributed by atoms with Gasteiger partial charge in [-0.3, -0.25) is 4.98 Å². The predicted molar refractivity (Wildman–Crippen MR) is 111 cm³/mol. The average molecular weight is 406 g/mol. The summed E-state index contributed by atoms with van der Waals surface area (Å²) in [6.07, 6.45) is 5.27. The molecule has 0 fully saturated rings. The number of hydrogen-bond acceptors (Lipinski definition) is 6. The molecule has 3 rings (SSSR count). The quantitative estimate of drug-likeness (QED) is 0.482. The molecular formula is C20H27N3O4S. The lowest BCUT2D eigenvalue weighted by molar-refractivity contribution is 0.199. The third-order valence-corrected chi connectivity index (χ3v) is 5.56. The fraction of sp³-hybridized carbons (Fsp3) is 0.500. The molecule has 1 aromatic carbocycles. The Morgan fingerprint density at radius 2 is 2.00 bits per heavy atom. The molecule has 0 N–H and O–H groups in total. The van der Waals surface area contributed by atoms with Crippen LogP contribution in [-0.2, 0) is 27.5 Å². The Balaban J connectivity index is 1.90. The Hall–Kier alpha value is -2.19. The lowest BCUT2D eigenvalue weighted by Gasteiger charge is -2.10. The maximum atomic E-state index is 11.2. The summed E-state index contributed by atoms with van der Waals surface area (Å²) in [7, 11) is -1.27. The van der Waals surface area contributed by atoms with E-state index in [9.17, 15) is 8.42 Å². The molecule has 3 aromatic rings. The predicted octanol–water partition coefficient (Wildman–Crippen LogP) is 3.00. The van der Waals surface area contributed by atoms with E-state index in [1.165, 1.54) is 6.26 Å². The average Bonchev–Trinajstić information content (AvgIpc) is 3.01. The second-order valence-electron chi connectivity index (χ2n) is 6.93. The Bertz CT molecular complexity index is 1060. The number of methoxy groups -OCH3 is 1. The van der Waals surface area contributed by atoms with Gasteiger partial charge in [-0.25, -0.2) is 13.4 Å². The molecule has 0 unspecified atom stereocenters. The van der Waals surface area contributed by atoms with Crippen LogP contribution in [0.2, 0.25) is 0 Å². The molecule has 0 aliphatic carbocycles. The third-order valence-electron chi connectivity index (χ3n) is 4.53. The monoisotopic (exact) mass is 405 g/mol. The zero-order valence-electron chi connectivity index (χ0n) is 16.6. The van der Waals surface area contributed by atoms with Gasteiger partial charge >= 0.3 is 0 Å². The van der Waals surface area contributed by atoms with Crippen LogP contribution in [0.1, 0.15) is 25.6 Å². The first-order valence-corrected chi connectivity index (χ1v) is 11.6. The van der Waals surface area contributed by atoms with E-state index in [1.807, 2.05) is 18.2 Å². The highest BCUT2D eigenvalue weighted by molar-refractivity contribution is 7.90. The summed E-state index contributed by atoms with van der Waals surface area (Å²) in [6.45, 7) is 4.02. The Morgan fingerprint density at radius 1 is 1.18 bits per heavy atom. The number of hydrogen-bond donors (Lipinski definition) is 0. The standard InChI is InChI=1S/C20H27N3O4S/c1-4-9-23-19(8-11-26-2)22-18-14-21-17-13-15(6-7-16(17)20(18)23)27-10-5-12-28(3,24)25/h6-7,13-14H,4-5,8-12H2,1-3H3. The van der Waals surface area contributed by atoms with Crippen LogP contribution in [0.15, 0.2) is 24.4 Å². The van der Waals surface area contributed by atoms with Gasteiger partial charge in [-0.05, 0) is 25.0 Å². The molecule has 0 aliphatic heterocycles. The van der Waals surface area contributed by atoms with Crippen LogP contribution in [0, 0.1) is 0 Å². The van der Waals surface area contributed by atoms with E-state index in [0.29, 0.717) is 25.4 Å². The molecule has 8 heteroatoms. The molecule has 7 nitrogen and oxygen atoms in total. The van der Waals surface area contributed by atoms with E-state index in [1.54, 1.807) is 13.3 Å². The van der Waals surface area contributed by atoms with Crippen LogP contribution in [0.5, 0.6) is 5.75 Å². The van der Waals surface area contributed by atoms with Gasteiger partial charge in [0.2, 0.25) is 0 Å². The molecule has 0 spiro atoms. The van der Waals surface area contributed by atoms with Gasteiger partial charge in [-0.2, -0.15) is 0 Å². The fourth-order valence-electron chi connectivity index (χ4n) is 3.29. The first-order valence-electron chi connectivity index (χ1n) is 9.50. The summed E-state index contributed by atoms with van der Waals surface area (Å²) in [4.78, 5) is 9.31. The van der Waals surface area contributed by atoms with E-state index in [4.69, 9.17) is 14.5 Å². The number of pyridine rings is 1. The zero-order valence-corrected chi connectivity index (χ0v) is 17.5. The van der Waals surface area contributed by atoms with Gasteiger partial charge in [-0.15, -0.1) is 0 Å². The highest BCUT2D eigenvalue weighted by atomic mass is 32.2. The molecular weight excluding hydrogens is 378 g/mol. The second kappa shape index (κ2) is 8.87. The lowest BCUT2D eigenvalue weighted by atomic mass is 10.2. The number of aryl methyl sites for hydroxylation is 1. The van der Waals surface area contributed by atoms with Crippen molar-refractivity contribution in [1.29, 1.82) is 0 Å². The number of nitrogens with zero attached hydrogens (tertiary/aromatic N) is 3. The molecule has 28 heavy (non-hydrogen) atoms. The molecule has 152 valence electrons. The molecule has 0 bridgehead atoms. The van der Waals surface area contributed by atoms with Crippen molar-refractivity contribution in [1.82, 2.24) is 14.5 Å². The third kappa shape index (κ3) is 4.80. The van der Waals surface area contributed by atoms with Crippen molar-refractivity contribution in [3.63, 3.8) is 0 Å². The van der Waals surface area contributed by atoms with Crippen molar-refractivity contribution in [2.24, 2.45) is 0 Å². The van der Waals surface area contributed by atoms with Crippen LogP contribution >= 0.6 is 0 Å². The van der Waals surface area contributed by atoms with Crippen molar-refractivity contribution in [2.75, 3.05) is 32.3 Å². The van der Waals surface area contributed by atoms with E-state index in [-0.39, 0.29) is 5.75 Å². The molecule has 2 aromatic heterocycles. The van der Waals surface area contributed by atoms with Gasteiger partial charge in [0.15, 0.2) is 0 Å². The van der Waals surface area contributed by atoms with Crippen molar-refractivity contribution in [3.8, 4) is 5.75 Å². The number of aromatic nitrogens is 3. The SMILES string of the molecule is CCCn1c(CCOC)nc2cnc3cc(OCCCS(C)(=O)=O)ccc3c21. The van der Waals surface area contributed by atoms with Crippen LogP contribution in [-0.4, -0.2) is 55.3 Å². The van der Waals surface area contributed by atoms with Gasteiger partial charge < -0.3 is 14.0 Å². The summed E-state index contributed by atoms with van der Waals surface area (Å²) in [6, 6.07) is 5.81. The number of fused-ring (bicyclic) bond motifs is 3. The van der Waals surface area contributed by atoms with Gasteiger partial charge in [-0.1, -0.05) is 6.92 Å². The van der Waals surface area contributed by atoms with Crippen LogP contribution in [0.25, 0.3) is 21.9 Å². The lowest BCUT2D eigenvalue weighted by Crippen LogP contribution is -2.08. The molecule has 0 radical (unpaired) electrons. The maximum Gasteiger partial charge on any atom is 0.147 e. The fourth-order valence-corrected chi connectivity index (χ4v) is 3.93. The Kier molecular flexibility index (Phi) is 6.51. The van der Waals surface area contributed by atoms with Crippen molar-refractivity contribution < 1.29 is 17.9 Å².